The van der Waals surface area contributed by atoms with Crippen LogP contribution < -0.4 is 4.74 Å². The van der Waals surface area contributed by atoms with Gasteiger partial charge >= 0.3 is 6.18 Å². The van der Waals surface area contributed by atoms with E-state index >= 15 is 0 Å². The Balaban J connectivity index is 1.30. The Morgan fingerprint density at radius 1 is 1.12 bits per heavy atom. The zero-order chi connectivity index (χ0) is 28.0. The quantitative estimate of drug-likeness (QED) is 0.352. The zero-order valence-corrected chi connectivity index (χ0v) is 21.8. The van der Waals surface area contributed by atoms with Crippen molar-refractivity contribution in [1.82, 2.24) is 39.7 Å². The van der Waals surface area contributed by atoms with E-state index in [1.165, 1.54) is 10.7 Å². The number of rotatable bonds is 6. The lowest BCUT2D eigenvalue weighted by Crippen LogP contribution is -2.52. The van der Waals surface area contributed by atoms with E-state index in [-0.39, 0.29) is 23.0 Å². The number of pyridine rings is 1. The van der Waals surface area contributed by atoms with Gasteiger partial charge in [0, 0.05) is 24.8 Å². The summed E-state index contributed by atoms with van der Waals surface area (Å²) in [6.45, 7) is 7.06. The minimum absolute atomic E-state index is 0.00154. The van der Waals surface area contributed by atoms with E-state index in [0.717, 1.165) is 50.9 Å². The second kappa shape index (κ2) is 10.1. The molecule has 0 amide bonds. The second-order valence-corrected chi connectivity index (χ2v) is 10.1. The summed E-state index contributed by atoms with van der Waals surface area (Å²) >= 11 is 0. The van der Waals surface area contributed by atoms with Gasteiger partial charge in [-0.15, -0.1) is 5.10 Å². The molecule has 2 aliphatic heterocycles. The number of ether oxygens (including phenoxy) is 2. The number of hydrogen-bond donors (Lipinski definition) is 0. The first-order valence-electron chi connectivity index (χ1n) is 12.9. The first-order valence-corrected chi connectivity index (χ1v) is 12.9. The molecule has 14 heteroatoms. The van der Waals surface area contributed by atoms with Crippen molar-refractivity contribution in [2.75, 3.05) is 26.3 Å². The fourth-order valence-corrected chi connectivity index (χ4v) is 5.26. The van der Waals surface area contributed by atoms with Crippen LogP contribution >= 0.6 is 0 Å². The summed E-state index contributed by atoms with van der Waals surface area (Å²) < 4.78 is 54.6. The van der Waals surface area contributed by atoms with Gasteiger partial charge in [0.2, 0.25) is 0 Å². The fraction of sp³-hybridized carbons (Fsp3) is 0.462. The Morgan fingerprint density at radius 3 is 2.58 bits per heavy atom. The minimum Gasteiger partial charge on any atom is -0.482 e. The Morgan fingerprint density at radius 2 is 1.90 bits per heavy atom. The molecule has 2 aliphatic rings. The van der Waals surface area contributed by atoms with Gasteiger partial charge in [0.15, 0.2) is 0 Å². The highest BCUT2D eigenvalue weighted by Gasteiger charge is 2.33. The predicted octanol–water partition coefficient (Wildman–Crippen LogP) is 3.76. The molecule has 2 saturated heterocycles. The van der Waals surface area contributed by atoms with Crippen LogP contribution in [-0.2, 0) is 10.9 Å². The van der Waals surface area contributed by atoms with Crippen LogP contribution in [0.4, 0.5) is 13.2 Å². The summed E-state index contributed by atoms with van der Waals surface area (Å²) in [5.74, 6) is 0.253. The van der Waals surface area contributed by atoms with Crippen LogP contribution in [0.25, 0.3) is 16.8 Å². The lowest BCUT2D eigenvalue weighted by Gasteiger charge is -2.41. The average Bonchev–Trinajstić information content (AvgIpc) is 3.51. The van der Waals surface area contributed by atoms with Gasteiger partial charge in [-0.25, -0.2) is 9.20 Å². The predicted molar refractivity (Wildman–Crippen MR) is 134 cm³/mol. The lowest BCUT2D eigenvalue weighted by molar-refractivity contribution is -0.138. The van der Waals surface area contributed by atoms with E-state index in [2.05, 4.69) is 36.6 Å². The molecule has 208 valence electrons. The molecule has 11 nitrogen and oxygen atoms in total. The molecule has 6 heterocycles. The molecule has 6 rings (SSSR count). The van der Waals surface area contributed by atoms with Gasteiger partial charge in [-0.2, -0.15) is 33.7 Å². The van der Waals surface area contributed by atoms with Crippen LogP contribution in [0.5, 0.6) is 5.75 Å². The summed E-state index contributed by atoms with van der Waals surface area (Å²) in [4.78, 5) is 2.46. The fourth-order valence-electron chi connectivity index (χ4n) is 5.26. The van der Waals surface area contributed by atoms with Crippen LogP contribution in [0.2, 0.25) is 0 Å². The summed E-state index contributed by atoms with van der Waals surface area (Å²) in [6, 6.07) is 5.42. The van der Waals surface area contributed by atoms with Crippen LogP contribution in [0.1, 0.15) is 54.4 Å². The van der Waals surface area contributed by atoms with Crippen molar-refractivity contribution in [2.45, 2.75) is 51.1 Å². The molecule has 0 aromatic carbocycles. The monoisotopic (exact) mass is 553 g/mol. The summed E-state index contributed by atoms with van der Waals surface area (Å²) in [7, 11) is 0. The Hall–Kier alpha value is -4.09. The molecule has 0 radical (unpaired) electrons. The highest BCUT2D eigenvalue weighted by molar-refractivity contribution is 5.74. The SMILES string of the molecule is Cc1c(-c2cc(O[C@H](C)c3cc(C(F)(F)F)cnn3)c3c(C#N)cnn3c2)nnn1C1CCN(C2COC2)CC1. The van der Waals surface area contributed by atoms with E-state index in [1.807, 2.05) is 11.6 Å². The molecule has 2 fully saturated rings. The number of piperidine rings is 1. The molecule has 1 atom stereocenters. The third kappa shape index (κ3) is 4.75. The van der Waals surface area contributed by atoms with Gasteiger partial charge in [0.1, 0.15) is 40.4 Å². The van der Waals surface area contributed by atoms with Gasteiger partial charge in [-0.05, 0) is 38.8 Å². The van der Waals surface area contributed by atoms with E-state index < -0.39 is 17.8 Å². The van der Waals surface area contributed by atoms with E-state index in [0.29, 0.717) is 29.0 Å². The molecule has 4 aromatic rings. The molecular weight excluding hydrogens is 527 g/mol. The largest absolute Gasteiger partial charge is 0.482 e. The first-order chi connectivity index (χ1) is 19.2. The maximum atomic E-state index is 13.2. The van der Waals surface area contributed by atoms with E-state index in [1.54, 1.807) is 19.2 Å². The van der Waals surface area contributed by atoms with Crippen LogP contribution in [0, 0.1) is 18.3 Å². The van der Waals surface area contributed by atoms with Crippen molar-refractivity contribution in [3.8, 4) is 23.1 Å². The van der Waals surface area contributed by atoms with Gasteiger partial charge < -0.3 is 9.47 Å². The van der Waals surface area contributed by atoms with Gasteiger partial charge in [0.25, 0.3) is 0 Å². The standard InChI is InChI=1S/C26H26F3N9O2/c1-15-24(34-35-38(15)20-3-5-36(6-4-20)21-13-39-14-21)17-7-23(25-18(9-30)10-32-37(25)12-17)40-16(2)22-8-19(11-31-33-22)26(27,28)29/h7-8,10-12,16,20-21H,3-6,13-14H2,1-2H3/t16-/m1/s1. The molecule has 0 N–H and O–H groups in total. The number of alkyl halides is 3. The van der Waals surface area contributed by atoms with Crippen molar-refractivity contribution in [3.63, 3.8) is 0 Å². The highest BCUT2D eigenvalue weighted by Crippen LogP contribution is 2.35. The number of fused-ring (bicyclic) bond motifs is 1. The molecule has 4 aromatic heterocycles. The van der Waals surface area contributed by atoms with E-state index in [9.17, 15) is 18.4 Å². The molecular formula is C26H26F3N9O2. The minimum atomic E-state index is -4.57. The van der Waals surface area contributed by atoms with Gasteiger partial charge in [-0.3, -0.25) is 4.90 Å². The number of nitrogens with zero attached hydrogens (tertiary/aromatic N) is 9. The molecule has 0 aliphatic carbocycles. The van der Waals surface area contributed by atoms with Crippen molar-refractivity contribution in [2.24, 2.45) is 0 Å². The van der Waals surface area contributed by atoms with Gasteiger partial charge in [-0.1, -0.05) is 5.21 Å². The Labute approximate surface area is 227 Å². The molecule has 0 unspecified atom stereocenters. The topological polar surface area (TPSA) is 119 Å². The van der Waals surface area contributed by atoms with E-state index in [4.69, 9.17) is 9.47 Å². The number of aromatic nitrogens is 7. The first kappa shape index (κ1) is 26.1. The van der Waals surface area contributed by atoms with Crippen molar-refractivity contribution in [1.29, 1.82) is 5.26 Å². The van der Waals surface area contributed by atoms with Crippen molar-refractivity contribution >= 4 is 5.52 Å². The van der Waals surface area contributed by atoms with Crippen LogP contribution in [-0.4, -0.2) is 72.1 Å². The Bertz CT molecular complexity index is 1580. The maximum Gasteiger partial charge on any atom is 0.418 e. The highest BCUT2D eigenvalue weighted by atomic mass is 19.4. The third-order valence-corrected chi connectivity index (χ3v) is 7.60. The zero-order valence-electron chi connectivity index (χ0n) is 21.8. The molecule has 0 bridgehead atoms. The summed E-state index contributed by atoms with van der Waals surface area (Å²) in [6.07, 6.45) is 0.240. The van der Waals surface area contributed by atoms with Gasteiger partial charge in [0.05, 0.1) is 48.9 Å². The number of hydrogen-bond acceptors (Lipinski definition) is 9. The van der Waals surface area contributed by atoms with Crippen LogP contribution in [0.15, 0.2) is 30.7 Å². The third-order valence-electron chi connectivity index (χ3n) is 7.60. The number of likely N-dealkylation sites (tertiary alicyclic amines) is 1. The summed E-state index contributed by atoms with van der Waals surface area (Å²) in [5.41, 5.74) is 1.86. The Kier molecular flexibility index (Phi) is 6.63. The molecule has 0 saturated carbocycles. The smallest absolute Gasteiger partial charge is 0.418 e. The van der Waals surface area contributed by atoms with Crippen molar-refractivity contribution < 1.29 is 22.6 Å². The van der Waals surface area contributed by atoms with Crippen molar-refractivity contribution in [3.05, 3.63) is 53.2 Å². The normalized spacial score (nSPS) is 18.0. The maximum absolute atomic E-state index is 13.2. The second-order valence-electron chi connectivity index (χ2n) is 10.1. The molecule has 40 heavy (non-hydrogen) atoms. The number of halogens is 3. The van der Waals surface area contributed by atoms with Crippen LogP contribution in [0.3, 0.4) is 0 Å². The summed E-state index contributed by atoms with van der Waals surface area (Å²) in [5, 5.41) is 30.2. The molecule has 0 spiro atoms. The lowest BCUT2D eigenvalue weighted by atomic mass is 10.0. The average molecular weight is 554 g/mol. The number of nitriles is 1.